The number of benzene rings is 4. The zero-order chi connectivity index (χ0) is 42.8. The van der Waals surface area contributed by atoms with Crippen molar-refractivity contribution in [3.05, 3.63) is 194 Å². The molecule has 8 bridgehead atoms. The maximum atomic E-state index is 12.1. The predicted molar refractivity (Wildman–Crippen MR) is 226 cm³/mol. The van der Waals surface area contributed by atoms with Gasteiger partial charge in [0.25, 0.3) is 30.4 Å². The first-order chi connectivity index (χ1) is 29.0. The second-order valence-electron chi connectivity index (χ2n) is 14.3. The summed E-state index contributed by atoms with van der Waals surface area (Å²) in [5, 5.41) is 1.90. The number of nitrogens with zero attached hydrogens (tertiary/aromatic N) is 4. The molecule has 0 atom stereocenters. The molecule has 9 rings (SSSR count). The van der Waals surface area contributed by atoms with Gasteiger partial charge in [0.2, 0.25) is 0 Å². The molecule has 0 fully saturated rings. The van der Waals surface area contributed by atoms with Crippen LogP contribution in [0.2, 0.25) is 0 Å². The minimum Gasteiger partial charge on any atom is -0.657 e. The van der Waals surface area contributed by atoms with E-state index in [4.69, 9.17) is 19.9 Å². The third kappa shape index (κ3) is 8.43. The molecule has 0 saturated heterocycles. The van der Waals surface area contributed by atoms with Crippen molar-refractivity contribution >= 4 is 53.7 Å². The summed E-state index contributed by atoms with van der Waals surface area (Å²) in [5.41, 5.74) is 7.92. The minimum atomic E-state index is -4.52. The maximum absolute atomic E-state index is 12.1. The van der Waals surface area contributed by atoms with Crippen LogP contribution >= 0.6 is 0 Å². The fourth-order valence-corrected chi connectivity index (χ4v) is 8.70. The van der Waals surface area contributed by atoms with Gasteiger partial charge in [-0.3, -0.25) is 13.7 Å². The molecule has 4 aromatic heterocycles. The molecule has 3 N–H and O–H groups in total. The first-order valence-corrected chi connectivity index (χ1v) is 22.7. The predicted octanol–water partition coefficient (Wildman–Crippen LogP) is 3.36. The summed E-state index contributed by atoms with van der Waals surface area (Å²) in [7, 11) is -13.5. The van der Waals surface area contributed by atoms with Crippen LogP contribution in [0.5, 0.6) is 0 Å². The number of aryl methyl sites for hydroxylation is 1. The van der Waals surface area contributed by atoms with Crippen molar-refractivity contribution in [3.63, 3.8) is 0 Å². The van der Waals surface area contributed by atoms with Gasteiger partial charge in [0.1, 0.15) is 0 Å². The van der Waals surface area contributed by atoms with Crippen LogP contribution in [0.3, 0.4) is 0 Å². The summed E-state index contributed by atoms with van der Waals surface area (Å²) in [6.07, 6.45) is 3.57. The van der Waals surface area contributed by atoms with Crippen LogP contribution in [-0.4, -0.2) is 38.9 Å². The van der Waals surface area contributed by atoms with E-state index in [0.29, 0.717) is 77.6 Å². The van der Waals surface area contributed by atoms with Crippen molar-refractivity contribution in [2.24, 2.45) is 0 Å². The van der Waals surface area contributed by atoms with Gasteiger partial charge in [-0.1, -0.05) is 115 Å². The normalized spacial score (nSPS) is 15.8. The van der Waals surface area contributed by atoms with E-state index in [-0.39, 0.29) is 37.1 Å². The molecular weight excluding hydrogens is 1030 g/mol. The summed E-state index contributed by atoms with van der Waals surface area (Å²) in [5.74, 6) is 0. The standard InChI is InChI=1S/C45H30N4O9S3.Au/c1-26-2-4-27(5-3-26)36-24-42-45(30-10-18-35(19-11-30)61(56,57)58)43-25-37(28-6-14-33(15-7-28)59(50,51)52)41(49-43)23-32-13-21-39(47-32)44(29-8-16-34(17-9-29)60(53,54)55)38-20-12-31(46-38)22-40(36)48-42;/h2-25H,1H3,(H,50,51,52)(H,53,54,55)(H,56,57,58);/q-4;/b31-22-,32-23?,40-22?,41-23-,44-38-,44-39?,45-42?,45-43-;. The molecule has 1 aliphatic rings. The molecule has 4 aromatic carbocycles. The Kier molecular flexibility index (Phi) is 11.0. The van der Waals surface area contributed by atoms with E-state index < -0.39 is 30.4 Å². The first-order valence-electron chi connectivity index (χ1n) is 18.4. The van der Waals surface area contributed by atoms with Crippen LogP contribution in [0, 0.1) is 6.92 Å². The van der Waals surface area contributed by atoms with E-state index in [1.54, 1.807) is 48.5 Å². The molecule has 0 saturated carbocycles. The van der Waals surface area contributed by atoms with Crippen molar-refractivity contribution in [1.82, 2.24) is 19.9 Å². The van der Waals surface area contributed by atoms with Crippen molar-refractivity contribution in [2.45, 2.75) is 21.6 Å². The Morgan fingerprint density at radius 1 is 0.435 bits per heavy atom. The minimum absolute atomic E-state index is 0. The molecule has 62 heavy (non-hydrogen) atoms. The van der Waals surface area contributed by atoms with Gasteiger partial charge in [-0.15, -0.1) is 44.2 Å². The smallest absolute Gasteiger partial charge is 0.294 e. The second kappa shape index (κ2) is 16.0. The molecule has 317 valence electrons. The Hall–Kier alpha value is -6.05. The second-order valence-corrected chi connectivity index (χ2v) is 18.6. The molecule has 8 aromatic rings. The Bertz CT molecular complexity index is 3650. The van der Waals surface area contributed by atoms with Crippen molar-refractivity contribution in [2.75, 3.05) is 0 Å². The average molecular weight is 1060 g/mol. The zero-order valence-electron chi connectivity index (χ0n) is 32.0. The molecule has 1 radical (unpaired) electrons. The fraction of sp³-hybridized carbons (Fsp3) is 0.0222. The van der Waals surface area contributed by atoms with E-state index in [0.717, 1.165) is 16.7 Å². The van der Waals surface area contributed by atoms with Gasteiger partial charge in [0, 0.05) is 22.4 Å². The van der Waals surface area contributed by atoms with E-state index in [1.165, 1.54) is 48.5 Å². The van der Waals surface area contributed by atoms with Gasteiger partial charge in [0.15, 0.2) is 0 Å². The van der Waals surface area contributed by atoms with Crippen LogP contribution in [0.15, 0.2) is 148 Å². The third-order valence-electron chi connectivity index (χ3n) is 10.2. The molecule has 5 heterocycles. The average Bonchev–Trinajstić information content (AvgIpc) is 4.04. The maximum Gasteiger partial charge on any atom is 0.294 e. The number of rotatable bonds is 7. The summed E-state index contributed by atoms with van der Waals surface area (Å²) in [4.78, 5) is 19.3. The van der Waals surface area contributed by atoms with Crippen LogP contribution in [0.1, 0.15) is 39.5 Å². The third-order valence-corrected chi connectivity index (χ3v) is 12.8. The SMILES string of the molecule is Cc1ccc(-c2cc3[n-]c2/C=c2/cc/c([n-]2)=C(\c2ccc(S(=O)(=O)O)cc2)c2ccc([n-]2)/C=c2\[n-]/c(cc2-c2ccc(S(=O)(=O)O)cc2)=C\3c2ccc(S(=O)(=O)O)cc2)cc1.[Au]. The summed E-state index contributed by atoms with van der Waals surface area (Å²) >= 11 is 0. The van der Waals surface area contributed by atoms with E-state index in [9.17, 15) is 38.9 Å². The molecule has 0 spiro atoms. The van der Waals surface area contributed by atoms with E-state index in [2.05, 4.69) is 0 Å². The van der Waals surface area contributed by atoms with E-state index >= 15 is 0 Å². The van der Waals surface area contributed by atoms with Gasteiger partial charge < -0.3 is 19.9 Å². The quantitative estimate of drug-likeness (QED) is 0.154. The molecule has 0 unspecified atom stereocenters. The van der Waals surface area contributed by atoms with Crippen molar-refractivity contribution < 1.29 is 61.3 Å². The Balaban J connectivity index is 0.00000529. The topological polar surface area (TPSA) is 220 Å². The molecule has 1 aliphatic heterocycles. The Morgan fingerprint density at radius 3 is 1.48 bits per heavy atom. The number of fused-ring (bicyclic) bond motifs is 8. The summed E-state index contributed by atoms with van der Waals surface area (Å²) in [6, 6.07) is 35.8. The summed E-state index contributed by atoms with van der Waals surface area (Å²) in [6.45, 7) is 1.98. The Labute approximate surface area is 370 Å². The van der Waals surface area contributed by atoms with Crippen LogP contribution < -0.4 is 41.3 Å². The fourth-order valence-electron chi connectivity index (χ4n) is 7.26. The van der Waals surface area contributed by atoms with Crippen LogP contribution in [0.4, 0.5) is 0 Å². The molecule has 0 amide bonds. The van der Waals surface area contributed by atoms with Gasteiger partial charge >= 0.3 is 0 Å². The first kappa shape index (κ1) is 42.6. The van der Waals surface area contributed by atoms with Gasteiger partial charge in [-0.05, 0) is 87.8 Å². The van der Waals surface area contributed by atoms with Gasteiger partial charge in [-0.2, -0.15) is 25.3 Å². The molecule has 13 nitrogen and oxygen atoms in total. The number of hydrogen-bond donors (Lipinski definition) is 3. The molecule has 0 aliphatic carbocycles. The Morgan fingerprint density at radius 2 is 0.935 bits per heavy atom. The molecule has 17 heteroatoms. The van der Waals surface area contributed by atoms with Gasteiger partial charge in [-0.25, -0.2) is 0 Å². The monoisotopic (exact) mass is 1060 g/mol. The van der Waals surface area contributed by atoms with Gasteiger partial charge in [0.05, 0.1) is 14.7 Å². The van der Waals surface area contributed by atoms with E-state index in [1.807, 2.05) is 55.5 Å². The van der Waals surface area contributed by atoms with Crippen LogP contribution in [-0.2, 0) is 52.7 Å². The number of aromatic nitrogens is 4. The number of hydrogen-bond acceptors (Lipinski definition) is 6. The largest absolute Gasteiger partial charge is 0.657 e. The van der Waals surface area contributed by atoms with Crippen molar-refractivity contribution in [1.29, 1.82) is 0 Å². The molecular formula is C45H30AuN4O9S3-4. The van der Waals surface area contributed by atoms with Crippen LogP contribution in [0.25, 0.3) is 45.6 Å². The zero-order valence-corrected chi connectivity index (χ0v) is 36.6. The van der Waals surface area contributed by atoms with Crippen molar-refractivity contribution in [3.8, 4) is 22.3 Å². The summed E-state index contributed by atoms with van der Waals surface area (Å²) < 4.78 is 101.